The average molecular weight is 196 g/mol. The Bertz CT molecular complexity index is 244. The van der Waals surface area contributed by atoms with Gasteiger partial charge in [-0.05, 0) is 0 Å². The van der Waals surface area contributed by atoms with Crippen LogP contribution in [0.4, 0.5) is 4.79 Å². The van der Waals surface area contributed by atoms with Crippen molar-refractivity contribution >= 4 is 30.9 Å². The fourth-order valence-electron chi connectivity index (χ4n) is 0.678. The van der Waals surface area contributed by atoms with E-state index in [0.29, 0.717) is 0 Å². The monoisotopic (exact) mass is 196 g/mol. The highest BCUT2D eigenvalue weighted by Gasteiger charge is 2.39. The average Bonchev–Trinajstić information content (AvgIpc) is 2.08. The van der Waals surface area contributed by atoms with Crippen molar-refractivity contribution in [2.24, 2.45) is 0 Å². The number of urea groups is 1. The van der Waals surface area contributed by atoms with Crippen molar-refractivity contribution in [1.29, 1.82) is 0 Å². The van der Waals surface area contributed by atoms with Crippen LogP contribution in [0, 0.1) is 0 Å². The van der Waals surface area contributed by atoms with Crippen molar-refractivity contribution in [2.45, 2.75) is 0 Å². The predicted molar refractivity (Wildman–Crippen MR) is 39.1 cm³/mol. The normalized spacial score (nSPS) is 23.3. The lowest BCUT2D eigenvalue weighted by Gasteiger charge is -2.13. The molecule has 0 spiro atoms. The van der Waals surface area contributed by atoms with Gasteiger partial charge in [0.05, 0.1) is 6.54 Å². The number of hydrogen-bond acceptors (Lipinski definition) is 3. The molecule has 11 heavy (non-hydrogen) atoms. The summed E-state index contributed by atoms with van der Waals surface area (Å²) in [6.07, 6.45) is 0. The lowest BCUT2D eigenvalue weighted by Crippen LogP contribution is -2.26. The van der Waals surface area contributed by atoms with Crippen molar-refractivity contribution in [2.75, 3.05) is 6.54 Å². The first-order valence-electron chi connectivity index (χ1n) is 2.60. The van der Waals surface area contributed by atoms with E-state index in [1.165, 1.54) is 0 Å². The summed E-state index contributed by atoms with van der Waals surface area (Å²) in [5.41, 5.74) is 0. The number of carbonyl (C=O) groups excluding carboxylic acids is 2. The molecule has 0 radical (unpaired) electrons. The molecule has 2 N–H and O–H groups in total. The van der Waals surface area contributed by atoms with Gasteiger partial charge in [-0.3, -0.25) is 9.36 Å². The molecule has 1 heterocycles. The maximum absolute atomic E-state index is 10.7. The fourth-order valence-corrected chi connectivity index (χ4v) is 1.89. The van der Waals surface area contributed by atoms with Gasteiger partial charge >= 0.3 is 12.8 Å². The zero-order valence-electron chi connectivity index (χ0n) is 5.22. The van der Waals surface area contributed by atoms with Crippen LogP contribution in [0.3, 0.4) is 0 Å². The minimum absolute atomic E-state index is 0.218. The molecule has 0 aromatic heterocycles. The van der Waals surface area contributed by atoms with E-state index in [1.54, 1.807) is 0 Å². The summed E-state index contributed by atoms with van der Waals surface area (Å²) in [7, 11) is 0. The molecule has 0 aliphatic carbocycles. The van der Waals surface area contributed by atoms with Crippen molar-refractivity contribution in [3.63, 3.8) is 0 Å². The summed E-state index contributed by atoms with van der Waals surface area (Å²) >= 11 is 3.22. The molecular formula is C3H5N2O4PS. The van der Waals surface area contributed by atoms with Crippen LogP contribution in [-0.2, 0) is 9.36 Å². The van der Waals surface area contributed by atoms with Gasteiger partial charge in [-0.2, -0.15) is 4.67 Å². The molecule has 1 atom stereocenters. The number of hydrogen-bond donors (Lipinski definition) is 3. The van der Waals surface area contributed by atoms with E-state index in [1.807, 2.05) is 0 Å². The predicted octanol–water partition coefficient (Wildman–Crippen LogP) is -0.432. The highest BCUT2D eigenvalue weighted by Crippen LogP contribution is 2.50. The van der Waals surface area contributed by atoms with Gasteiger partial charge in [0.1, 0.15) is 0 Å². The minimum atomic E-state index is -4.06. The molecule has 1 aliphatic rings. The van der Waals surface area contributed by atoms with E-state index in [-0.39, 0.29) is 11.2 Å². The van der Waals surface area contributed by atoms with Crippen LogP contribution < -0.4 is 5.32 Å². The van der Waals surface area contributed by atoms with Gasteiger partial charge in [0, 0.05) is 0 Å². The Kier molecular flexibility index (Phi) is 1.96. The van der Waals surface area contributed by atoms with Gasteiger partial charge in [-0.25, -0.2) is 4.79 Å². The Morgan fingerprint density at radius 3 is 2.36 bits per heavy atom. The van der Waals surface area contributed by atoms with Crippen molar-refractivity contribution in [3.8, 4) is 0 Å². The van der Waals surface area contributed by atoms with Gasteiger partial charge in [-0.15, -0.1) is 0 Å². The molecule has 1 saturated heterocycles. The van der Waals surface area contributed by atoms with Crippen molar-refractivity contribution < 1.29 is 19.0 Å². The summed E-state index contributed by atoms with van der Waals surface area (Å²) in [4.78, 5) is 30.1. The zero-order chi connectivity index (χ0) is 8.65. The van der Waals surface area contributed by atoms with Crippen LogP contribution in [0.2, 0.25) is 0 Å². The van der Waals surface area contributed by atoms with Gasteiger partial charge in [-0.1, -0.05) is 12.2 Å². The fraction of sp³-hybridized carbons (Fsp3) is 0.333. The van der Waals surface area contributed by atoms with E-state index in [0.717, 1.165) is 0 Å². The van der Waals surface area contributed by atoms with Crippen LogP contribution in [0.15, 0.2) is 0 Å². The zero-order valence-corrected chi connectivity index (χ0v) is 7.01. The maximum Gasteiger partial charge on any atom is 0.358 e. The smallest absolute Gasteiger partial charge is 0.328 e. The van der Waals surface area contributed by atoms with E-state index >= 15 is 0 Å². The quantitative estimate of drug-likeness (QED) is 0.301. The molecule has 1 fully saturated rings. The first kappa shape index (κ1) is 8.58. The largest absolute Gasteiger partial charge is 0.358 e. The molecular weight excluding hydrogens is 191 g/mol. The van der Waals surface area contributed by atoms with Crippen molar-refractivity contribution in [1.82, 2.24) is 9.99 Å². The van der Waals surface area contributed by atoms with Crippen LogP contribution >= 0.6 is 19.0 Å². The Morgan fingerprint density at radius 1 is 1.64 bits per heavy atom. The molecule has 0 bridgehead atoms. The number of nitrogens with zero attached hydrogens (tertiary/aromatic N) is 1. The van der Waals surface area contributed by atoms with Crippen molar-refractivity contribution in [3.05, 3.63) is 0 Å². The van der Waals surface area contributed by atoms with Gasteiger partial charge in [0.25, 0.3) is 5.91 Å². The molecule has 62 valence electrons. The minimum Gasteiger partial charge on any atom is -0.328 e. The van der Waals surface area contributed by atoms with Crippen LogP contribution in [-0.4, -0.2) is 28.0 Å². The summed E-state index contributed by atoms with van der Waals surface area (Å²) in [6, 6.07) is -0.879. The first-order valence-corrected chi connectivity index (χ1v) is 5.36. The summed E-state index contributed by atoms with van der Waals surface area (Å²) in [5, 5.41) is 2.08. The highest BCUT2D eigenvalue weighted by molar-refractivity contribution is 8.45. The highest BCUT2D eigenvalue weighted by atomic mass is 32.7. The first-order chi connectivity index (χ1) is 4.93. The Labute approximate surface area is 67.2 Å². The molecule has 3 amide bonds. The second-order valence-corrected chi connectivity index (χ2v) is 4.87. The van der Waals surface area contributed by atoms with E-state index in [2.05, 4.69) is 17.6 Å². The molecule has 0 saturated carbocycles. The second kappa shape index (κ2) is 2.51. The van der Waals surface area contributed by atoms with Gasteiger partial charge in [0.15, 0.2) is 0 Å². The third-order valence-electron chi connectivity index (χ3n) is 1.08. The molecule has 0 aromatic carbocycles. The molecule has 8 heteroatoms. The number of rotatable bonds is 1. The van der Waals surface area contributed by atoms with E-state index in [4.69, 9.17) is 4.89 Å². The van der Waals surface area contributed by atoms with Crippen LogP contribution in [0.1, 0.15) is 0 Å². The second-order valence-electron chi connectivity index (χ2n) is 1.88. The number of nitrogens with one attached hydrogen (secondary N) is 1. The lowest BCUT2D eigenvalue weighted by molar-refractivity contribution is -0.121. The standard InChI is InChI=1S/C3H5N2O4PS/c6-2-1-4-3(7)5(2)10(8,9)11/h1H2,(H,4,7)(H2,8,9,11). The number of imide groups is 1. The Balaban J connectivity index is 2.95. The number of thiol groups is 1. The number of amides is 3. The molecule has 1 rings (SSSR count). The Hall–Kier alpha value is -0.520. The SMILES string of the molecule is O=C1CNC(=O)N1P(=O)(O)S. The molecule has 6 nitrogen and oxygen atoms in total. The molecule has 1 aliphatic heterocycles. The lowest BCUT2D eigenvalue weighted by atomic mass is 10.7. The van der Waals surface area contributed by atoms with Gasteiger partial charge < -0.3 is 10.2 Å². The maximum atomic E-state index is 10.7. The number of carbonyl (C=O) groups is 2. The molecule has 0 aromatic rings. The summed E-state index contributed by atoms with van der Waals surface area (Å²) in [6.45, 7) is -4.31. The van der Waals surface area contributed by atoms with Gasteiger partial charge in [0.2, 0.25) is 0 Å². The van der Waals surface area contributed by atoms with E-state index in [9.17, 15) is 14.2 Å². The van der Waals surface area contributed by atoms with E-state index < -0.39 is 18.7 Å². The van der Waals surface area contributed by atoms with Crippen LogP contribution in [0.5, 0.6) is 0 Å². The summed E-state index contributed by atoms with van der Waals surface area (Å²) < 4.78 is 10.9. The van der Waals surface area contributed by atoms with Crippen LogP contribution in [0.25, 0.3) is 0 Å². The summed E-state index contributed by atoms with van der Waals surface area (Å²) in [5.74, 6) is -0.740. The third kappa shape index (κ3) is 1.55. The topological polar surface area (TPSA) is 86.7 Å². The molecule has 1 unspecified atom stereocenters. The Morgan fingerprint density at radius 2 is 2.18 bits per heavy atom. The third-order valence-corrected chi connectivity index (χ3v) is 2.54.